The highest BCUT2D eigenvalue weighted by Gasteiger charge is 2.37. The minimum atomic E-state index is -0.579. The molecule has 1 N–H and O–H groups in total. The lowest BCUT2D eigenvalue weighted by Crippen LogP contribution is -2.42. The van der Waals surface area contributed by atoms with Crippen LogP contribution in [0.25, 0.3) is 0 Å². The number of hydrogen-bond acceptors (Lipinski definition) is 5. The molecule has 1 fully saturated rings. The predicted molar refractivity (Wildman–Crippen MR) is 123 cm³/mol. The van der Waals surface area contributed by atoms with Gasteiger partial charge < -0.3 is 10.2 Å². The first-order valence-electron chi connectivity index (χ1n) is 11.1. The fourth-order valence-corrected chi connectivity index (χ4v) is 4.46. The third kappa shape index (κ3) is 4.84. The Morgan fingerprint density at radius 2 is 1.61 bits per heavy atom. The molecule has 8 heteroatoms. The molecular formula is C25H25N3O5. The minimum absolute atomic E-state index is 0.0127. The van der Waals surface area contributed by atoms with Crippen molar-refractivity contribution < 1.29 is 19.3 Å². The van der Waals surface area contributed by atoms with Crippen molar-refractivity contribution in [2.75, 3.05) is 18.4 Å². The second-order valence-corrected chi connectivity index (χ2v) is 8.36. The number of allylic oxidation sites excluding steroid dienone is 2. The lowest BCUT2D eigenvalue weighted by molar-refractivity contribution is -0.384. The number of carbonyl (C=O) groups excluding carboxylic acids is 3. The van der Waals surface area contributed by atoms with Crippen LogP contribution in [0, 0.1) is 22.0 Å². The number of nitro groups is 1. The Labute approximate surface area is 191 Å². The summed E-state index contributed by atoms with van der Waals surface area (Å²) in [5.74, 6) is -1.84. The van der Waals surface area contributed by atoms with Gasteiger partial charge in [0.2, 0.25) is 11.8 Å². The minimum Gasteiger partial charge on any atom is -0.342 e. The first kappa shape index (κ1) is 22.4. The molecular weight excluding hydrogens is 422 g/mol. The summed E-state index contributed by atoms with van der Waals surface area (Å²) in [5, 5.41) is 14.1. The average Bonchev–Trinajstić information content (AvgIpc) is 3.39. The Kier molecular flexibility index (Phi) is 6.63. The van der Waals surface area contributed by atoms with E-state index in [1.165, 1.54) is 18.2 Å². The second-order valence-electron chi connectivity index (χ2n) is 8.36. The van der Waals surface area contributed by atoms with Gasteiger partial charge in [0, 0.05) is 30.8 Å². The van der Waals surface area contributed by atoms with E-state index < -0.39 is 22.5 Å². The summed E-state index contributed by atoms with van der Waals surface area (Å²) in [6, 6.07) is 12.2. The molecule has 0 aromatic heterocycles. The number of rotatable bonds is 6. The zero-order valence-corrected chi connectivity index (χ0v) is 18.1. The van der Waals surface area contributed by atoms with E-state index in [1.807, 2.05) is 17.1 Å². The van der Waals surface area contributed by atoms with Crippen LogP contribution in [-0.2, 0) is 9.59 Å². The predicted octanol–water partition coefficient (Wildman–Crippen LogP) is 3.97. The number of nitrogens with one attached hydrogen (secondary N) is 1. The number of hydrogen-bond donors (Lipinski definition) is 1. The molecule has 0 bridgehead atoms. The lowest BCUT2D eigenvalue weighted by atomic mass is 9.81. The maximum Gasteiger partial charge on any atom is 0.270 e. The largest absolute Gasteiger partial charge is 0.342 e. The second kappa shape index (κ2) is 9.77. The fraction of sp³-hybridized carbons (Fsp3) is 0.320. The number of nitrogens with zero attached hydrogens (tertiary/aromatic N) is 2. The standard InChI is InChI=1S/C25H25N3O5/c29-23(17-8-2-1-3-9-17)21-16-18(28(32)33)12-13-22(21)26-24(30)19-10-4-5-11-20(19)25(31)27-14-6-7-15-27/h1-5,8-9,12-13,16,19-20H,6-7,10-11,14-15H2,(H,26,30). The summed E-state index contributed by atoms with van der Waals surface area (Å²) in [7, 11) is 0. The highest BCUT2D eigenvalue weighted by Crippen LogP contribution is 2.31. The van der Waals surface area contributed by atoms with Crippen LogP contribution < -0.4 is 5.32 Å². The Morgan fingerprint density at radius 3 is 2.27 bits per heavy atom. The van der Waals surface area contributed by atoms with E-state index in [-0.39, 0.29) is 28.8 Å². The van der Waals surface area contributed by atoms with Crippen molar-refractivity contribution in [3.8, 4) is 0 Å². The van der Waals surface area contributed by atoms with E-state index in [0.717, 1.165) is 12.8 Å². The Hall–Kier alpha value is -3.81. The van der Waals surface area contributed by atoms with Crippen molar-refractivity contribution in [2.24, 2.45) is 11.8 Å². The summed E-state index contributed by atoms with van der Waals surface area (Å²) in [6.45, 7) is 1.43. The average molecular weight is 447 g/mol. The maximum atomic E-state index is 13.3. The molecule has 170 valence electrons. The molecule has 8 nitrogen and oxygen atoms in total. The molecule has 1 saturated heterocycles. The van der Waals surface area contributed by atoms with Gasteiger partial charge in [0.05, 0.1) is 28.0 Å². The van der Waals surface area contributed by atoms with Crippen molar-refractivity contribution in [3.63, 3.8) is 0 Å². The molecule has 2 atom stereocenters. The Balaban J connectivity index is 1.61. The van der Waals surface area contributed by atoms with Crippen LogP contribution in [-0.4, -0.2) is 40.5 Å². The molecule has 1 heterocycles. The quantitative estimate of drug-likeness (QED) is 0.312. The van der Waals surface area contributed by atoms with Crippen LogP contribution in [0.15, 0.2) is 60.7 Å². The molecule has 33 heavy (non-hydrogen) atoms. The van der Waals surface area contributed by atoms with E-state index in [1.54, 1.807) is 30.3 Å². The van der Waals surface area contributed by atoms with Gasteiger partial charge in [-0.2, -0.15) is 0 Å². The van der Waals surface area contributed by atoms with Gasteiger partial charge >= 0.3 is 0 Å². The van der Waals surface area contributed by atoms with Gasteiger partial charge in [-0.3, -0.25) is 24.5 Å². The summed E-state index contributed by atoms with van der Waals surface area (Å²) in [4.78, 5) is 51.9. The fourth-order valence-electron chi connectivity index (χ4n) is 4.46. The number of amides is 2. The molecule has 1 aliphatic carbocycles. The molecule has 4 rings (SSSR count). The van der Waals surface area contributed by atoms with Crippen LogP contribution in [0.2, 0.25) is 0 Å². The summed E-state index contributed by atoms with van der Waals surface area (Å²) < 4.78 is 0. The number of likely N-dealkylation sites (tertiary alicyclic amines) is 1. The molecule has 2 aliphatic rings. The van der Waals surface area contributed by atoms with Crippen molar-refractivity contribution in [1.29, 1.82) is 0 Å². The summed E-state index contributed by atoms with van der Waals surface area (Å²) in [6.07, 6.45) is 6.68. The van der Waals surface area contributed by atoms with Gasteiger partial charge in [0.15, 0.2) is 5.78 Å². The number of ketones is 1. The first-order chi connectivity index (χ1) is 16.0. The van der Waals surface area contributed by atoms with Crippen LogP contribution in [0.1, 0.15) is 41.6 Å². The molecule has 0 spiro atoms. The first-order valence-corrected chi connectivity index (χ1v) is 11.1. The topological polar surface area (TPSA) is 110 Å². The van der Waals surface area contributed by atoms with Gasteiger partial charge in [-0.05, 0) is 31.7 Å². The molecule has 2 aromatic rings. The normalized spacial score (nSPS) is 19.8. The monoisotopic (exact) mass is 447 g/mol. The van der Waals surface area contributed by atoms with Crippen molar-refractivity contribution in [2.45, 2.75) is 25.7 Å². The zero-order chi connectivity index (χ0) is 23.4. The molecule has 2 unspecified atom stereocenters. The number of carbonyl (C=O) groups is 3. The Morgan fingerprint density at radius 1 is 0.939 bits per heavy atom. The molecule has 0 radical (unpaired) electrons. The maximum absolute atomic E-state index is 13.3. The van der Waals surface area contributed by atoms with Gasteiger partial charge in [0.1, 0.15) is 0 Å². The van der Waals surface area contributed by atoms with E-state index in [0.29, 0.717) is 31.5 Å². The number of benzene rings is 2. The van der Waals surface area contributed by atoms with Crippen LogP contribution >= 0.6 is 0 Å². The highest BCUT2D eigenvalue weighted by atomic mass is 16.6. The molecule has 1 aliphatic heterocycles. The molecule has 2 aromatic carbocycles. The summed E-state index contributed by atoms with van der Waals surface area (Å²) >= 11 is 0. The lowest BCUT2D eigenvalue weighted by Gasteiger charge is -2.30. The summed E-state index contributed by atoms with van der Waals surface area (Å²) in [5.41, 5.74) is 0.352. The van der Waals surface area contributed by atoms with Gasteiger partial charge in [-0.1, -0.05) is 42.5 Å². The van der Waals surface area contributed by atoms with Crippen molar-refractivity contribution in [3.05, 3.63) is 81.9 Å². The third-order valence-corrected chi connectivity index (χ3v) is 6.26. The van der Waals surface area contributed by atoms with E-state index >= 15 is 0 Å². The van der Waals surface area contributed by atoms with Gasteiger partial charge in [-0.25, -0.2) is 0 Å². The van der Waals surface area contributed by atoms with Crippen molar-refractivity contribution >= 4 is 29.0 Å². The highest BCUT2D eigenvalue weighted by molar-refractivity contribution is 6.14. The smallest absolute Gasteiger partial charge is 0.270 e. The number of nitro benzene ring substituents is 1. The van der Waals surface area contributed by atoms with E-state index in [9.17, 15) is 24.5 Å². The van der Waals surface area contributed by atoms with Crippen LogP contribution in [0.5, 0.6) is 0 Å². The SMILES string of the molecule is O=C(c1ccccc1)c1cc([N+](=O)[O-])ccc1NC(=O)C1CC=CCC1C(=O)N1CCCC1. The third-order valence-electron chi connectivity index (χ3n) is 6.26. The van der Waals surface area contributed by atoms with E-state index in [4.69, 9.17) is 0 Å². The Bertz CT molecular complexity index is 1110. The van der Waals surface area contributed by atoms with Gasteiger partial charge in [0.25, 0.3) is 5.69 Å². The number of non-ortho nitro benzene ring substituents is 1. The van der Waals surface area contributed by atoms with Crippen LogP contribution in [0.3, 0.4) is 0 Å². The van der Waals surface area contributed by atoms with Gasteiger partial charge in [-0.15, -0.1) is 0 Å². The molecule has 2 amide bonds. The van der Waals surface area contributed by atoms with Crippen molar-refractivity contribution in [1.82, 2.24) is 4.90 Å². The zero-order valence-electron chi connectivity index (χ0n) is 18.1. The van der Waals surface area contributed by atoms with Crippen LogP contribution in [0.4, 0.5) is 11.4 Å². The number of anilines is 1. The van der Waals surface area contributed by atoms with E-state index in [2.05, 4.69) is 5.32 Å². The molecule has 0 saturated carbocycles.